The van der Waals surface area contributed by atoms with Crippen molar-refractivity contribution in [2.24, 2.45) is 7.05 Å². The molecule has 0 aliphatic heterocycles. The fourth-order valence-electron chi connectivity index (χ4n) is 4.46. The lowest BCUT2D eigenvalue weighted by Crippen LogP contribution is -2.36. The molecule has 0 aliphatic carbocycles. The van der Waals surface area contributed by atoms with Crippen LogP contribution in [0.2, 0.25) is 0 Å². The van der Waals surface area contributed by atoms with Crippen molar-refractivity contribution in [2.45, 2.75) is 52.0 Å². The molecule has 0 bridgehead atoms. The number of anilines is 2. The van der Waals surface area contributed by atoms with Crippen LogP contribution in [-0.4, -0.2) is 92.5 Å². The van der Waals surface area contributed by atoms with Crippen LogP contribution < -0.4 is 24.4 Å². The smallest absolute Gasteiger partial charge is 0.342 e. The minimum Gasteiger partial charge on any atom is -0.481 e. The first-order chi connectivity index (χ1) is 23.4. The highest BCUT2D eigenvalue weighted by molar-refractivity contribution is 7.90. The molecule has 0 atom stereocenters. The van der Waals surface area contributed by atoms with Gasteiger partial charge in [0.05, 0.1) is 45.4 Å². The van der Waals surface area contributed by atoms with Crippen LogP contribution in [0.4, 0.5) is 16.4 Å². The lowest BCUT2D eigenvalue weighted by molar-refractivity contribution is -0.116. The van der Waals surface area contributed by atoms with Gasteiger partial charge in [0.2, 0.25) is 23.6 Å². The number of urea groups is 1. The van der Waals surface area contributed by atoms with Gasteiger partial charge in [-0.1, -0.05) is 39.0 Å². The number of amides is 3. The predicted octanol–water partition coefficient (Wildman–Crippen LogP) is 3.72. The summed E-state index contributed by atoms with van der Waals surface area (Å²) in [6.45, 7) is 9.70. The molecule has 0 aliphatic rings. The lowest BCUT2D eigenvalue weighted by atomic mass is 10.0. The van der Waals surface area contributed by atoms with E-state index < -0.39 is 27.0 Å². The minimum atomic E-state index is -4.47. The number of para-hydroxylation sites is 1. The number of benzene rings is 1. The van der Waals surface area contributed by atoms with Gasteiger partial charge in [-0.15, -0.1) is 11.6 Å². The van der Waals surface area contributed by atoms with Crippen molar-refractivity contribution in [3.63, 3.8) is 0 Å². The molecule has 3 amide bonds. The number of sulfonamides is 1. The van der Waals surface area contributed by atoms with Gasteiger partial charge in [-0.05, 0) is 37.3 Å². The Bertz CT molecular complexity index is 1620. The second-order valence-corrected chi connectivity index (χ2v) is 11.8. The van der Waals surface area contributed by atoms with Gasteiger partial charge in [0.1, 0.15) is 11.4 Å². The maximum absolute atomic E-state index is 12.6. The Kier molecular flexibility index (Phi) is 16.7. The number of aromatic nitrogens is 4. The first-order valence-corrected chi connectivity index (χ1v) is 17.5. The standard InChI is InChI=1S/C17H26ClNO2.C14H18N6O7S/c1-4-11-21-12-10-19(16(20)13-18)17-14(5-2)8-7-9-15(17)6-3;1-5-27-12(21)8-7-15-20(2)11(8)28(23,24)19-14(22)18-13-16-9(25-3)6-10(17-13)26-4/h7-9H,4-6,10-13H2,1-3H3;6-7H,5H2,1-4H3,(H2,16,17,18,19,22). The van der Waals surface area contributed by atoms with E-state index in [1.165, 1.54) is 38.5 Å². The Morgan fingerprint density at radius 3 is 2.10 bits per heavy atom. The van der Waals surface area contributed by atoms with Crippen LogP contribution in [-0.2, 0) is 44.2 Å². The van der Waals surface area contributed by atoms with Gasteiger partial charge in [0, 0.05) is 20.2 Å². The van der Waals surface area contributed by atoms with E-state index in [0.717, 1.165) is 42.4 Å². The number of ether oxygens (including phenoxy) is 4. The Morgan fingerprint density at radius 2 is 1.59 bits per heavy atom. The Hall–Kier alpha value is -4.48. The number of rotatable bonds is 16. The SMILES string of the molecule is CCCOCCN(C(=O)CCl)c1c(CC)cccc1CC.CCOC(=O)c1cnn(C)c1S(=O)(=O)NC(=O)Nc1nc(OC)cc(OC)n1. The van der Waals surface area contributed by atoms with Crippen molar-refractivity contribution in [1.82, 2.24) is 24.5 Å². The quantitative estimate of drug-likeness (QED) is 0.124. The maximum Gasteiger partial charge on any atom is 0.342 e. The van der Waals surface area contributed by atoms with Crippen molar-refractivity contribution in [1.29, 1.82) is 0 Å². The first-order valence-electron chi connectivity index (χ1n) is 15.5. The van der Waals surface area contributed by atoms with Crippen LogP contribution in [0.3, 0.4) is 0 Å². The third-order valence-electron chi connectivity index (χ3n) is 6.64. The van der Waals surface area contributed by atoms with E-state index in [2.05, 4.69) is 59.4 Å². The predicted molar refractivity (Wildman–Crippen MR) is 183 cm³/mol. The number of nitrogens with zero attached hydrogens (tertiary/aromatic N) is 5. The highest BCUT2D eigenvalue weighted by Crippen LogP contribution is 2.27. The zero-order chi connectivity index (χ0) is 36.6. The van der Waals surface area contributed by atoms with Crippen LogP contribution in [0, 0.1) is 0 Å². The number of carbonyl (C=O) groups excluding carboxylic acids is 3. The molecular weight excluding hydrogens is 682 g/mol. The lowest BCUT2D eigenvalue weighted by Gasteiger charge is -2.27. The monoisotopic (exact) mass is 725 g/mol. The Labute approximate surface area is 291 Å². The minimum absolute atomic E-state index is 0.00498. The zero-order valence-electron chi connectivity index (χ0n) is 28.7. The summed E-state index contributed by atoms with van der Waals surface area (Å²) < 4.78 is 48.0. The molecule has 3 aromatic rings. The average molecular weight is 726 g/mol. The molecule has 18 heteroatoms. The zero-order valence-corrected chi connectivity index (χ0v) is 30.3. The molecule has 0 spiro atoms. The van der Waals surface area contributed by atoms with Crippen molar-refractivity contribution in [3.8, 4) is 11.8 Å². The molecule has 3 rings (SSSR count). The summed E-state index contributed by atoms with van der Waals surface area (Å²) in [7, 11) is -0.491. The molecule has 0 saturated carbocycles. The molecule has 2 heterocycles. The van der Waals surface area contributed by atoms with Gasteiger partial charge in [0.25, 0.3) is 10.0 Å². The number of methoxy groups -OCH3 is 2. The second-order valence-electron chi connectivity index (χ2n) is 9.97. The van der Waals surface area contributed by atoms with Crippen LogP contribution in [0.15, 0.2) is 35.5 Å². The fraction of sp³-hybridized carbons (Fsp3) is 0.484. The average Bonchev–Trinajstić information content (AvgIpc) is 3.50. The summed E-state index contributed by atoms with van der Waals surface area (Å²) in [5.41, 5.74) is 3.07. The van der Waals surface area contributed by atoms with Gasteiger partial charge >= 0.3 is 12.0 Å². The third-order valence-corrected chi connectivity index (χ3v) is 8.32. The van der Waals surface area contributed by atoms with Crippen LogP contribution in [0.25, 0.3) is 0 Å². The molecule has 49 heavy (non-hydrogen) atoms. The van der Waals surface area contributed by atoms with Crippen molar-refractivity contribution < 1.29 is 41.7 Å². The summed E-state index contributed by atoms with van der Waals surface area (Å²) >= 11 is 5.80. The molecule has 0 saturated heterocycles. The van der Waals surface area contributed by atoms with E-state index in [1.54, 1.807) is 16.5 Å². The Balaban J connectivity index is 0.000000355. The van der Waals surface area contributed by atoms with E-state index in [1.807, 2.05) is 0 Å². The summed E-state index contributed by atoms with van der Waals surface area (Å²) in [5.74, 6) is -1.05. The van der Waals surface area contributed by atoms with E-state index in [-0.39, 0.29) is 41.7 Å². The molecule has 0 radical (unpaired) electrons. The van der Waals surface area contributed by atoms with E-state index >= 15 is 0 Å². The molecule has 1 aromatic carbocycles. The number of carbonyl (C=O) groups is 3. The highest BCUT2D eigenvalue weighted by Gasteiger charge is 2.30. The third kappa shape index (κ3) is 11.6. The molecule has 16 nitrogen and oxygen atoms in total. The fourth-order valence-corrected chi connectivity index (χ4v) is 5.81. The van der Waals surface area contributed by atoms with Gasteiger partial charge in [-0.3, -0.25) is 14.8 Å². The normalized spacial score (nSPS) is 10.8. The van der Waals surface area contributed by atoms with E-state index in [9.17, 15) is 22.8 Å². The molecule has 2 aromatic heterocycles. The summed E-state index contributed by atoms with van der Waals surface area (Å²) in [4.78, 5) is 45.8. The second kappa shape index (κ2) is 20.1. The van der Waals surface area contributed by atoms with Crippen molar-refractivity contribution in [2.75, 3.05) is 56.7 Å². The molecule has 0 unspecified atom stereocenters. The van der Waals surface area contributed by atoms with E-state index in [4.69, 9.17) is 30.5 Å². The highest BCUT2D eigenvalue weighted by atomic mass is 35.5. The van der Waals surface area contributed by atoms with Gasteiger partial charge in [-0.25, -0.2) is 14.3 Å². The number of alkyl halides is 1. The van der Waals surface area contributed by atoms with Crippen molar-refractivity contribution in [3.05, 3.63) is 47.2 Å². The van der Waals surface area contributed by atoms with Gasteiger partial charge in [-0.2, -0.15) is 23.5 Å². The molecule has 270 valence electrons. The molecular formula is C31H44ClN7O9S. The molecule has 2 N–H and O–H groups in total. The molecule has 0 fully saturated rings. The number of hydrogen-bond donors (Lipinski definition) is 2. The summed E-state index contributed by atoms with van der Waals surface area (Å²) in [6.07, 6.45) is 3.80. The van der Waals surface area contributed by atoms with Crippen LogP contribution in [0.1, 0.15) is 55.6 Å². The topological polar surface area (TPSA) is 193 Å². The van der Waals surface area contributed by atoms with Gasteiger partial charge < -0.3 is 23.8 Å². The first kappa shape index (κ1) is 40.7. The number of hydrogen-bond acceptors (Lipinski definition) is 12. The number of nitrogens with one attached hydrogen (secondary N) is 2. The van der Waals surface area contributed by atoms with Crippen molar-refractivity contribution >= 4 is 51.2 Å². The van der Waals surface area contributed by atoms with Gasteiger partial charge in [0.15, 0.2) is 5.03 Å². The summed E-state index contributed by atoms with van der Waals surface area (Å²) in [6, 6.07) is 6.40. The van der Waals surface area contributed by atoms with Crippen LogP contribution >= 0.6 is 11.6 Å². The number of esters is 1. The summed E-state index contributed by atoms with van der Waals surface area (Å²) in [5, 5.41) is 5.34. The Morgan fingerprint density at radius 1 is 0.980 bits per heavy atom. The number of aryl methyl sites for hydroxylation is 3. The van der Waals surface area contributed by atoms with Crippen LogP contribution in [0.5, 0.6) is 11.8 Å². The maximum atomic E-state index is 12.6. The largest absolute Gasteiger partial charge is 0.481 e. The number of halogens is 1. The van der Waals surface area contributed by atoms with E-state index in [0.29, 0.717) is 13.2 Å².